The summed E-state index contributed by atoms with van der Waals surface area (Å²) in [6, 6.07) is 10.7. The maximum absolute atomic E-state index is 12.9. The van der Waals surface area contributed by atoms with E-state index in [1.807, 2.05) is 11.0 Å². The molecule has 0 aromatic heterocycles. The molecule has 1 aromatic rings. The van der Waals surface area contributed by atoms with E-state index in [0.29, 0.717) is 5.91 Å². The number of amides is 2. The van der Waals surface area contributed by atoms with Crippen LogP contribution in [0.5, 0.6) is 0 Å². The molecule has 2 heterocycles. The van der Waals surface area contributed by atoms with Gasteiger partial charge in [-0.1, -0.05) is 44.2 Å². The predicted molar refractivity (Wildman–Crippen MR) is 116 cm³/mol. The van der Waals surface area contributed by atoms with Crippen molar-refractivity contribution in [3.05, 3.63) is 35.9 Å². The number of nitrogens with zero attached hydrogens (tertiary/aromatic N) is 2. The van der Waals surface area contributed by atoms with Gasteiger partial charge in [-0.3, -0.25) is 14.5 Å². The summed E-state index contributed by atoms with van der Waals surface area (Å²) in [4.78, 5) is 29.8. The monoisotopic (exact) mass is 399 g/mol. The van der Waals surface area contributed by atoms with Gasteiger partial charge in [-0.15, -0.1) is 0 Å². The Labute approximate surface area is 175 Å². The van der Waals surface area contributed by atoms with E-state index in [9.17, 15) is 9.59 Å². The Bertz CT molecular complexity index is 651. The smallest absolute Gasteiger partial charge is 0.225 e. The third-order valence-corrected chi connectivity index (χ3v) is 6.61. The lowest BCUT2D eigenvalue weighted by Gasteiger charge is -2.36. The second-order valence-electron chi connectivity index (χ2n) is 8.68. The van der Waals surface area contributed by atoms with Gasteiger partial charge in [0.2, 0.25) is 11.8 Å². The second-order valence-corrected chi connectivity index (χ2v) is 8.68. The van der Waals surface area contributed by atoms with Crippen molar-refractivity contribution in [2.24, 2.45) is 11.8 Å². The molecular weight excluding hydrogens is 362 g/mol. The number of carbonyl (C=O) groups excluding carboxylic acids is 2. The van der Waals surface area contributed by atoms with Crippen LogP contribution >= 0.6 is 0 Å². The number of benzene rings is 1. The van der Waals surface area contributed by atoms with Gasteiger partial charge in [0.05, 0.1) is 5.92 Å². The molecule has 0 bridgehead atoms. The average Bonchev–Trinajstić information content (AvgIpc) is 2.76. The van der Waals surface area contributed by atoms with Gasteiger partial charge in [0.1, 0.15) is 0 Å². The number of rotatable bonds is 7. The van der Waals surface area contributed by atoms with Crippen molar-refractivity contribution in [2.75, 3.05) is 26.2 Å². The average molecular weight is 400 g/mol. The first-order valence-electron chi connectivity index (χ1n) is 11.5. The van der Waals surface area contributed by atoms with Crippen molar-refractivity contribution in [3.63, 3.8) is 0 Å². The first kappa shape index (κ1) is 21.8. The fourth-order valence-electron chi connectivity index (χ4n) is 4.71. The Balaban J connectivity index is 1.44. The van der Waals surface area contributed by atoms with Crippen LogP contribution in [-0.2, 0) is 16.1 Å². The van der Waals surface area contributed by atoms with E-state index in [1.165, 1.54) is 5.56 Å². The zero-order valence-electron chi connectivity index (χ0n) is 18.1. The molecule has 29 heavy (non-hydrogen) atoms. The third kappa shape index (κ3) is 6.05. The molecule has 0 saturated carbocycles. The topological polar surface area (TPSA) is 52.7 Å². The summed E-state index contributed by atoms with van der Waals surface area (Å²) in [7, 11) is 0. The second kappa shape index (κ2) is 10.8. The maximum Gasteiger partial charge on any atom is 0.225 e. The number of nitrogens with one attached hydrogen (secondary N) is 1. The van der Waals surface area contributed by atoms with Crippen molar-refractivity contribution in [3.8, 4) is 0 Å². The van der Waals surface area contributed by atoms with Crippen LogP contribution in [0.1, 0.15) is 57.9 Å². The van der Waals surface area contributed by atoms with E-state index >= 15 is 0 Å². The van der Waals surface area contributed by atoms with Gasteiger partial charge in [-0.05, 0) is 50.6 Å². The van der Waals surface area contributed by atoms with Crippen LogP contribution in [0, 0.1) is 11.8 Å². The molecule has 1 unspecified atom stereocenters. The Hall–Kier alpha value is -1.88. The lowest BCUT2D eigenvalue weighted by Crippen LogP contribution is -2.50. The lowest BCUT2D eigenvalue weighted by molar-refractivity contribution is -0.137. The number of carbonyl (C=O) groups is 2. The van der Waals surface area contributed by atoms with Gasteiger partial charge in [0, 0.05) is 38.1 Å². The van der Waals surface area contributed by atoms with E-state index in [2.05, 4.69) is 48.3 Å². The molecule has 1 aromatic carbocycles. The van der Waals surface area contributed by atoms with Crippen molar-refractivity contribution >= 4 is 11.8 Å². The van der Waals surface area contributed by atoms with Crippen molar-refractivity contribution in [1.29, 1.82) is 0 Å². The Morgan fingerprint density at radius 1 is 1.03 bits per heavy atom. The Morgan fingerprint density at radius 2 is 1.72 bits per heavy atom. The molecule has 0 spiro atoms. The van der Waals surface area contributed by atoms with E-state index in [-0.39, 0.29) is 23.8 Å². The molecule has 2 aliphatic rings. The maximum atomic E-state index is 12.9. The predicted octanol–water partition coefficient (Wildman–Crippen LogP) is 3.44. The van der Waals surface area contributed by atoms with Crippen LogP contribution in [0.2, 0.25) is 0 Å². The summed E-state index contributed by atoms with van der Waals surface area (Å²) in [5, 5.41) is 3.29. The zero-order valence-corrected chi connectivity index (χ0v) is 18.1. The van der Waals surface area contributed by atoms with Gasteiger partial charge in [0.25, 0.3) is 0 Å². The van der Waals surface area contributed by atoms with Crippen LogP contribution in [0.3, 0.4) is 0 Å². The van der Waals surface area contributed by atoms with Gasteiger partial charge in [-0.25, -0.2) is 0 Å². The molecule has 160 valence electrons. The quantitative estimate of drug-likeness (QED) is 0.764. The minimum absolute atomic E-state index is 0.0803. The fraction of sp³-hybridized carbons (Fsp3) is 0.667. The van der Waals surface area contributed by atoms with Crippen molar-refractivity contribution in [1.82, 2.24) is 15.1 Å². The first-order chi connectivity index (χ1) is 14.1. The molecule has 2 fully saturated rings. The highest BCUT2D eigenvalue weighted by Crippen LogP contribution is 2.21. The minimum Gasteiger partial charge on any atom is -0.353 e. The third-order valence-electron chi connectivity index (χ3n) is 6.61. The normalized spacial score (nSPS) is 21.3. The van der Waals surface area contributed by atoms with Gasteiger partial charge in [-0.2, -0.15) is 0 Å². The minimum atomic E-state index is 0.0803. The van der Waals surface area contributed by atoms with Crippen LogP contribution < -0.4 is 5.32 Å². The lowest BCUT2D eigenvalue weighted by atomic mass is 9.95. The largest absolute Gasteiger partial charge is 0.353 e. The molecule has 2 saturated heterocycles. The molecule has 3 rings (SSSR count). The Kier molecular flexibility index (Phi) is 8.10. The highest BCUT2D eigenvalue weighted by Gasteiger charge is 2.30. The molecule has 0 aliphatic carbocycles. The fourth-order valence-corrected chi connectivity index (χ4v) is 4.71. The number of likely N-dealkylation sites (tertiary alicyclic amines) is 2. The zero-order chi connectivity index (χ0) is 20.6. The summed E-state index contributed by atoms with van der Waals surface area (Å²) in [5.74, 6) is 0.729. The summed E-state index contributed by atoms with van der Waals surface area (Å²) in [5.41, 5.74) is 1.31. The Morgan fingerprint density at radius 3 is 2.38 bits per heavy atom. The highest BCUT2D eigenvalue weighted by molar-refractivity contribution is 5.80. The highest BCUT2D eigenvalue weighted by atomic mass is 16.2. The SMILES string of the molecule is CCC(CC)C(=O)N1CCC(NC(=O)C2CCCN(Cc3ccccc3)C2)CC1. The van der Waals surface area contributed by atoms with Crippen molar-refractivity contribution < 1.29 is 9.59 Å². The van der Waals surface area contributed by atoms with Gasteiger partial charge in [0.15, 0.2) is 0 Å². The first-order valence-corrected chi connectivity index (χ1v) is 11.5. The van der Waals surface area contributed by atoms with Gasteiger partial charge >= 0.3 is 0 Å². The summed E-state index contributed by atoms with van der Waals surface area (Å²) in [6.07, 6.45) is 5.62. The molecular formula is C24H37N3O2. The molecule has 5 nitrogen and oxygen atoms in total. The van der Waals surface area contributed by atoms with E-state index in [0.717, 1.165) is 71.2 Å². The summed E-state index contributed by atoms with van der Waals surface area (Å²) in [6.45, 7) is 8.54. The molecule has 1 atom stereocenters. The molecule has 0 radical (unpaired) electrons. The van der Waals surface area contributed by atoms with E-state index in [4.69, 9.17) is 0 Å². The summed E-state index contributed by atoms with van der Waals surface area (Å²) < 4.78 is 0. The molecule has 2 aliphatic heterocycles. The van der Waals surface area contributed by atoms with Crippen LogP contribution in [0.25, 0.3) is 0 Å². The molecule has 1 N–H and O–H groups in total. The van der Waals surface area contributed by atoms with Crippen LogP contribution in [-0.4, -0.2) is 53.8 Å². The van der Waals surface area contributed by atoms with E-state index < -0.39 is 0 Å². The summed E-state index contributed by atoms with van der Waals surface area (Å²) >= 11 is 0. The molecule has 5 heteroatoms. The molecule has 2 amide bonds. The standard InChI is InChI=1S/C24H37N3O2/c1-3-20(4-2)24(29)27-15-12-22(13-16-27)25-23(28)21-11-8-14-26(18-21)17-19-9-6-5-7-10-19/h5-7,9-10,20-22H,3-4,8,11-18H2,1-2H3,(H,25,28). The number of piperidine rings is 2. The van der Waals surface area contributed by atoms with Crippen molar-refractivity contribution in [2.45, 2.75) is 65.0 Å². The van der Waals surface area contributed by atoms with Crippen LogP contribution in [0.15, 0.2) is 30.3 Å². The van der Waals surface area contributed by atoms with E-state index in [1.54, 1.807) is 0 Å². The van der Waals surface area contributed by atoms with Gasteiger partial charge < -0.3 is 10.2 Å². The number of hydrogen-bond acceptors (Lipinski definition) is 3. The number of hydrogen-bond donors (Lipinski definition) is 1. The van der Waals surface area contributed by atoms with Crippen LogP contribution in [0.4, 0.5) is 0 Å².